The largest absolute Gasteiger partial charge is 0.291 e. The van der Waals surface area contributed by atoms with Crippen LogP contribution in [0.25, 0.3) is 6.08 Å². The van der Waals surface area contributed by atoms with Crippen molar-refractivity contribution in [2.45, 2.75) is 6.42 Å². The Balaban J connectivity index is 2.86. The second-order valence-electron chi connectivity index (χ2n) is 2.42. The van der Waals surface area contributed by atoms with Crippen molar-refractivity contribution in [3.8, 4) is 0 Å². The molecule has 1 nitrogen and oxygen atoms in total. The molecule has 1 rings (SSSR count). The van der Waals surface area contributed by atoms with E-state index in [1.165, 1.54) is 12.2 Å². The second kappa shape index (κ2) is 4.50. The van der Waals surface area contributed by atoms with Gasteiger partial charge in [-0.3, -0.25) is 4.79 Å². The molecule has 0 atom stereocenters. The highest BCUT2D eigenvalue weighted by atomic mass is 19.1. The summed E-state index contributed by atoms with van der Waals surface area (Å²) in [7, 11) is 0. The lowest BCUT2D eigenvalue weighted by Gasteiger charge is -1.95. The topological polar surface area (TPSA) is 17.1 Å². The van der Waals surface area contributed by atoms with Gasteiger partial charge < -0.3 is 0 Å². The molecule has 1 radical (unpaired) electrons. The van der Waals surface area contributed by atoms with E-state index in [0.29, 0.717) is 0 Å². The van der Waals surface area contributed by atoms with Crippen LogP contribution in [0.3, 0.4) is 0 Å². The molecule has 1 aromatic carbocycles. The van der Waals surface area contributed by atoms with Gasteiger partial charge in [-0.25, -0.2) is 8.78 Å². The third-order valence-corrected chi connectivity index (χ3v) is 1.46. The predicted molar refractivity (Wildman–Crippen MR) is 45.7 cm³/mol. The smallest absolute Gasteiger partial charge is 0.202 e. The van der Waals surface area contributed by atoms with Gasteiger partial charge in [-0.1, -0.05) is 12.2 Å². The molecule has 13 heavy (non-hydrogen) atoms. The molecule has 3 heteroatoms. The lowest BCUT2D eigenvalue weighted by Crippen LogP contribution is -1.83. The molecule has 0 amide bonds. The minimum Gasteiger partial charge on any atom is -0.291 e. The Morgan fingerprint density at radius 1 is 1.38 bits per heavy atom. The van der Waals surface area contributed by atoms with Gasteiger partial charge in [0.25, 0.3) is 0 Å². The average molecular weight is 181 g/mol. The molecule has 0 aliphatic carbocycles. The van der Waals surface area contributed by atoms with E-state index in [4.69, 9.17) is 0 Å². The molecular formula is C10H7F2O. The summed E-state index contributed by atoms with van der Waals surface area (Å²) in [5.41, 5.74) is 0.134. The zero-order valence-electron chi connectivity index (χ0n) is 6.76. The predicted octanol–water partition coefficient (Wildman–Crippen LogP) is 2.48. The number of benzene rings is 1. The molecule has 0 unspecified atom stereocenters. The quantitative estimate of drug-likeness (QED) is 0.700. The maximum absolute atomic E-state index is 12.9. The van der Waals surface area contributed by atoms with E-state index < -0.39 is 11.6 Å². The lowest BCUT2D eigenvalue weighted by molar-refractivity contribution is 0.556. The van der Waals surface area contributed by atoms with Crippen molar-refractivity contribution >= 4 is 12.4 Å². The third-order valence-electron chi connectivity index (χ3n) is 1.46. The standard InChI is InChI=1S/C10H7F2O/c11-9-4-5-10(12)8(7-9)3-1-2-6-13/h1,3-5,7H,2H2/b3-1+. The van der Waals surface area contributed by atoms with Gasteiger partial charge in [0.2, 0.25) is 6.29 Å². The second-order valence-corrected chi connectivity index (χ2v) is 2.42. The molecular weight excluding hydrogens is 174 g/mol. The van der Waals surface area contributed by atoms with E-state index in [0.717, 1.165) is 18.2 Å². The van der Waals surface area contributed by atoms with Crippen molar-refractivity contribution < 1.29 is 13.6 Å². The number of carbonyl (C=O) groups excluding carboxylic acids is 1. The van der Waals surface area contributed by atoms with Crippen molar-refractivity contribution in [1.29, 1.82) is 0 Å². The molecule has 0 spiro atoms. The molecule has 0 fully saturated rings. The minimum atomic E-state index is -0.511. The summed E-state index contributed by atoms with van der Waals surface area (Å²) in [5.74, 6) is -1.01. The fraction of sp³-hybridized carbons (Fsp3) is 0.100. The molecule has 0 saturated carbocycles. The fourth-order valence-electron chi connectivity index (χ4n) is 0.876. The number of hydrogen-bond acceptors (Lipinski definition) is 1. The monoisotopic (exact) mass is 181 g/mol. The summed E-state index contributed by atoms with van der Waals surface area (Å²) in [6, 6.07) is 3.15. The van der Waals surface area contributed by atoms with Crippen molar-refractivity contribution in [1.82, 2.24) is 0 Å². The van der Waals surface area contributed by atoms with E-state index in [1.807, 2.05) is 0 Å². The van der Waals surface area contributed by atoms with E-state index in [1.54, 1.807) is 6.29 Å². The molecule has 0 heterocycles. The first kappa shape index (κ1) is 9.58. The number of halogens is 2. The first-order chi connectivity index (χ1) is 6.24. The molecule has 1 aromatic rings. The summed E-state index contributed by atoms with van der Waals surface area (Å²) in [6.07, 6.45) is 4.47. The van der Waals surface area contributed by atoms with Gasteiger partial charge in [-0.2, -0.15) is 0 Å². The Kier molecular flexibility index (Phi) is 3.31. The van der Waals surface area contributed by atoms with E-state index in [9.17, 15) is 13.6 Å². The Bertz CT molecular complexity index is 332. The van der Waals surface area contributed by atoms with Crippen molar-refractivity contribution in [3.63, 3.8) is 0 Å². The van der Waals surface area contributed by atoms with Crippen LogP contribution in [-0.4, -0.2) is 6.29 Å². The summed E-state index contributed by atoms with van der Waals surface area (Å²) in [6.45, 7) is 0. The number of hydrogen-bond donors (Lipinski definition) is 0. The molecule has 0 aliphatic heterocycles. The minimum absolute atomic E-state index is 0.0793. The van der Waals surface area contributed by atoms with E-state index >= 15 is 0 Å². The van der Waals surface area contributed by atoms with Gasteiger partial charge in [0.1, 0.15) is 11.6 Å². The van der Waals surface area contributed by atoms with Crippen LogP contribution in [0.5, 0.6) is 0 Å². The normalized spacial score (nSPS) is 10.6. The van der Waals surface area contributed by atoms with Crippen molar-refractivity contribution in [3.05, 3.63) is 41.5 Å². The number of allylic oxidation sites excluding steroid dienone is 1. The highest BCUT2D eigenvalue weighted by molar-refractivity contribution is 5.58. The fourth-order valence-corrected chi connectivity index (χ4v) is 0.876. The lowest BCUT2D eigenvalue weighted by atomic mass is 10.2. The molecule has 0 N–H and O–H groups in total. The summed E-state index contributed by atoms with van der Waals surface area (Å²) < 4.78 is 25.5. The van der Waals surface area contributed by atoms with Crippen LogP contribution in [-0.2, 0) is 4.79 Å². The highest BCUT2D eigenvalue weighted by Crippen LogP contribution is 2.11. The summed E-state index contributed by atoms with van der Waals surface area (Å²) >= 11 is 0. The van der Waals surface area contributed by atoms with Crippen LogP contribution in [0, 0.1) is 11.6 Å². The molecule has 0 aromatic heterocycles. The van der Waals surface area contributed by atoms with Gasteiger partial charge >= 0.3 is 0 Å². The van der Waals surface area contributed by atoms with Crippen LogP contribution in [0.2, 0.25) is 0 Å². The summed E-state index contributed by atoms with van der Waals surface area (Å²) in [5, 5.41) is 0. The van der Waals surface area contributed by atoms with E-state index in [2.05, 4.69) is 0 Å². The Morgan fingerprint density at radius 3 is 2.85 bits per heavy atom. The zero-order chi connectivity index (χ0) is 9.68. The SMILES string of the molecule is O=[C]C/C=C/c1cc(F)ccc1F. The van der Waals surface area contributed by atoms with Crippen molar-refractivity contribution in [2.75, 3.05) is 0 Å². The average Bonchev–Trinajstić information content (AvgIpc) is 2.11. The van der Waals surface area contributed by atoms with Gasteiger partial charge in [-0.15, -0.1) is 0 Å². The van der Waals surface area contributed by atoms with Crippen LogP contribution in [0.15, 0.2) is 24.3 Å². The summed E-state index contributed by atoms with van der Waals surface area (Å²) in [4.78, 5) is 9.80. The maximum atomic E-state index is 12.9. The molecule has 0 saturated heterocycles. The van der Waals surface area contributed by atoms with Gasteiger partial charge in [0.15, 0.2) is 0 Å². The van der Waals surface area contributed by atoms with Gasteiger partial charge in [0, 0.05) is 12.0 Å². The van der Waals surface area contributed by atoms with Gasteiger partial charge in [0.05, 0.1) is 0 Å². The Hall–Kier alpha value is -1.51. The Labute approximate surface area is 74.7 Å². The number of rotatable bonds is 3. The molecule has 0 bridgehead atoms. The third kappa shape index (κ3) is 2.78. The first-order valence-electron chi connectivity index (χ1n) is 3.70. The molecule has 67 valence electrons. The van der Waals surface area contributed by atoms with Crippen molar-refractivity contribution in [2.24, 2.45) is 0 Å². The van der Waals surface area contributed by atoms with Crippen LogP contribution in [0.4, 0.5) is 8.78 Å². The van der Waals surface area contributed by atoms with Gasteiger partial charge in [-0.05, 0) is 18.2 Å². The van der Waals surface area contributed by atoms with Crippen LogP contribution < -0.4 is 0 Å². The first-order valence-corrected chi connectivity index (χ1v) is 3.70. The Morgan fingerprint density at radius 2 is 2.15 bits per heavy atom. The van der Waals surface area contributed by atoms with E-state index in [-0.39, 0.29) is 12.0 Å². The van der Waals surface area contributed by atoms with Crippen LogP contribution in [0.1, 0.15) is 12.0 Å². The van der Waals surface area contributed by atoms with Crippen LogP contribution >= 0.6 is 0 Å². The highest BCUT2D eigenvalue weighted by Gasteiger charge is 1.98. The molecule has 0 aliphatic rings. The zero-order valence-corrected chi connectivity index (χ0v) is 6.76. The maximum Gasteiger partial charge on any atom is 0.202 e.